The van der Waals surface area contributed by atoms with Crippen LogP contribution in [0.4, 0.5) is 0 Å². The van der Waals surface area contributed by atoms with Gasteiger partial charge in [0.15, 0.2) is 0 Å². The highest BCUT2D eigenvalue weighted by atomic mass is 127. The molecule has 0 aliphatic carbocycles. The third-order valence-corrected chi connectivity index (χ3v) is 3.75. The molecule has 72 valence electrons. The van der Waals surface area contributed by atoms with Crippen LogP contribution in [0.15, 0.2) is 24.3 Å². The third kappa shape index (κ3) is 3.41. The molecule has 0 unspecified atom stereocenters. The van der Waals surface area contributed by atoms with Gasteiger partial charge in [-0.1, -0.05) is 24.3 Å². The minimum atomic E-state index is -2.08. The molecule has 1 N–H and O–H groups in total. The zero-order valence-corrected chi connectivity index (χ0v) is 10.8. The standard InChI is InChI=1S/C9H13INOP/c1-13(2,12)9-5-3-8(4-6-9)7-11-10/h3-6,11H,7H2,1-2H3. The van der Waals surface area contributed by atoms with E-state index in [1.165, 1.54) is 5.56 Å². The number of benzene rings is 1. The van der Waals surface area contributed by atoms with Gasteiger partial charge in [-0.2, -0.15) is 0 Å². The Kier molecular flexibility index (Phi) is 3.95. The SMILES string of the molecule is CP(C)(=O)c1ccc(CNI)cc1. The van der Waals surface area contributed by atoms with Crippen LogP contribution in [0.3, 0.4) is 0 Å². The Balaban J connectivity index is 2.88. The van der Waals surface area contributed by atoms with Gasteiger partial charge in [0.25, 0.3) is 0 Å². The first-order valence-electron chi connectivity index (χ1n) is 4.02. The summed E-state index contributed by atoms with van der Waals surface area (Å²) in [5.41, 5.74) is 1.21. The molecule has 0 fully saturated rings. The highest BCUT2D eigenvalue weighted by Crippen LogP contribution is 2.34. The van der Waals surface area contributed by atoms with E-state index in [0.717, 1.165) is 11.8 Å². The zero-order chi connectivity index (χ0) is 9.90. The normalized spacial score (nSPS) is 11.6. The van der Waals surface area contributed by atoms with Crippen LogP contribution in [0.1, 0.15) is 5.56 Å². The number of halogens is 1. The molecular weight excluding hydrogens is 296 g/mol. The van der Waals surface area contributed by atoms with E-state index in [9.17, 15) is 4.57 Å². The molecule has 0 atom stereocenters. The molecule has 0 radical (unpaired) electrons. The Hall–Kier alpha value is 0.140. The van der Waals surface area contributed by atoms with Crippen molar-refractivity contribution in [2.75, 3.05) is 13.3 Å². The summed E-state index contributed by atoms with van der Waals surface area (Å²) >= 11 is 2.11. The van der Waals surface area contributed by atoms with Crippen molar-refractivity contribution < 1.29 is 4.57 Å². The van der Waals surface area contributed by atoms with E-state index in [0.29, 0.717) is 0 Å². The summed E-state index contributed by atoms with van der Waals surface area (Å²) in [4.78, 5) is 0. The summed E-state index contributed by atoms with van der Waals surface area (Å²) in [5, 5.41) is 0.949. The van der Waals surface area contributed by atoms with Crippen molar-refractivity contribution in [2.45, 2.75) is 6.54 Å². The van der Waals surface area contributed by atoms with Gasteiger partial charge in [-0.15, -0.1) is 0 Å². The first kappa shape index (κ1) is 11.2. The fourth-order valence-electron chi connectivity index (χ4n) is 1.05. The van der Waals surface area contributed by atoms with Crippen molar-refractivity contribution in [3.63, 3.8) is 0 Å². The van der Waals surface area contributed by atoms with Crippen LogP contribution in [0.2, 0.25) is 0 Å². The predicted octanol–water partition coefficient (Wildman–Crippen LogP) is 2.37. The van der Waals surface area contributed by atoms with Crippen molar-refractivity contribution in [1.29, 1.82) is 0 Å². The lowest BCUT2D eigenvalue weighted by atomic mass is 10.2. The lowest BCUT2D eigenvalue weighted by Gasteiger charge is -2.07. The van der Waals surface area contributed by atoms with Gasteiger partial charge >= 0.3 is 0 Å². The largest absolute Gasteiger partial charge is 0.319 e. The molecule has 0 saturated heterocycles. The maximum absolute atomic E-state index is 11.7. The third-order valence-electron chi connectivity index (χ3n) is 1.83. The van der Waals surface area contributed by atoms with Gasteiger partial charge in [-0.05, 0) is 18.9 Å². The summed E-state index contributed by atoms with van der Waals surface area (Å²) in [6.07, 6.45) is 0. The predicted molar refractivity (Wildman–Crippen MR) is 66.4 cm³/mol. The minimum absolute atomic E-state index is 0.846. The fourth-order valence-corrected chi connectivity index (χ4v) is 2.36. The fraction of sp³-hybridized carbons (Fsp3) is 0.333. The van der Waals surface area contributed by atoms with Crippen LogP contribution < -0.4 is 8.83 Å². The van der Waals surface area contributed by atoms with Gasteiger partial charge in [0.2, 0.25) is 0 Å². The summed E-state index contributed by atoms with van der Waals surface area (Å²) in [7, 11) is -2.08. The molecule has 13 heavy (non-hydrogen) atoms. The van der Waals surface area contributed by atoms with Crippen LogP contribution in [0.25, 0.3) is 0 Å². The second kappa shape index (κ2) is 4.58. The molecule has 0 aliphatic heterocycles. The molecule has 0 spiro atoms. The summed E-state index contributed by atoms with van der Waals surface area (Å²) in [6, 6.07) is 7.93. The number of rotatable bonds is 3. The molecule has 4 heteroatoms. The van der Waals surface area contributed by atoms with Gasteiger partial charge in [-0.3, -0.25) is 3.53 Å². The van der Waals surface area contributed by atoms with Crippen molar-refractivity contribution >= 4 is 35.3 Å². The van der Waals surface area contributed by atoms with Gasteiger partial charge < -0.3 is 4.57 Å². The number of hydrogen-bond donors (Lipinski definition) is 1. The van der Waals surface area contributed by atoms with Gasteiger partial charge in [0.05, 0.1) is 0 Å². The van der Waals surface area contributed by atoms with Crippen molar-refractivity contribution in [1.82, 2.24) is 3.53 Å². The molecule has 1 aromatic rings. The molecular formula is C9H13INOP. The van der Waals surface area contributed by atoms with E-state index in [2.05, 4.69) is 26.4 Å². The first-order valence-corrected chi connectivity index (χ1v) is 7.70. The number of hydrogen-bond acceptors (Lipinski definition) is 2. The van der Waals surface area contributed by atoms with E-state index < -0.39 is 7.14 Å². The maximum atomic E-state index is 11.7. The van der Waals surface area contributed by atoms with E-state index in [1.54, 1.807) is 13.3 Å². The number of nitrogens with one attached hydrogen (secondary N) is 1. The van der Waals surface area contributed by atoms with Crippen LogP contribution in [-0.2, 0) is 11.1 Å². The summed E-state index contributed by atoms with van der Waals surface area (Å²) in [5.74, 6) is 0. The quantitative estimate of drug-likeness (QED) is 0.528. The monoisotopic (exact) mass is 309 g/mol. The molecule has 0 aliphatic rings. The van der Waals surface area contributed by atoms with Crippen LogP contribution in [0.5, 0.6) is 0 Å². The minimum Gasteiger partial charge on any atom is -0.319 e. The highest BCUT2D eigenvalue weighted by molar-refractivity contribution is 14.1. The summed E-state index contributed by atoms with van der Waals surface area (Å²) < 4.78 is 14.7. The second-order valence-electron chi connectivity index (χ2n) is 3.33. The van der Waals surface area contributed by atoms with E-state index in [-0.39, 0.29) is 0 Å². The van der Waals surface area contributed by atoms with Crippen molar-refractivity contribution in [3.8, 4) is 0 Å². The lowest BCUT2D eigenvalue weighted by Crippen LogP contribution is -2.04. The zero-order valence-electron chi connectivity index (χ0n) is 7.75. The lowest BCUT2D eigenvalue weighted by molar-refractivity contribution is 0.588. The van der Waals surface area contributed by atoms with Crippen LogP contribution in [0, 0.1) is 0 Å². The van der Waals surface area contributed by atoms with Crippen molar-refractivity contribution in [2.24, 2.45) is 0 Å². The molecule has 1 rings (SSSR count). The molecule has 0 amide bonds. The maximum Gasteiger partial charge on any atom is 0.109 e. The Morgan fingerprint density at radius 2 is 1.85 bits per heavy atom. The van der Waals surface area contributed by atoms with Crippen LogP contribution >= 0.6 is 30.0 Å². The second-order valence-corrected chi connectivity index (χ2v) is 7.31. The Morgan fingerprint density at radius 1 is 1.31 bits per heavy atom. The average molecular weight is 309 g/mol. The Morgan fingerprint density at radius 3 is 2.23 bits per heavy atom. The molecule has 0 aromatic heterocycles. The van der Waals surface area contributed by atoms with Gasteiger partial charge in [0.1, 0.15) is 7.14 Å². The van der Waals surface area contributed by atoms with E-state index in [1.807, 2.05) is 24.3 Å². The Bertz CT molecular complexity index is 317. The molecule has 0 bridgehead atoms. The topological polar surface area (TPSA) is 29.1 Å². The van der Waals surface area contributed by atoms with Crippen molar-refractivity contribution in [3.05, 3.63) is 29.8 Å². The molecule has 0 saturated carbocycles. The van der Waals surface area contributed by atoms with Crippen LogP contribution in [-0.4, -0.2) is 13.3 Å². The van der Waals surface area contributed by atoms with Gasteiger partial charge in [-0.25, -0.2) is 0 Å². The average Bonchev–Trinajstić information content (AvgIpc) is 2.04. The first-order chi connectivity index (χ1) is 6.04. The molecule has 2 nitrogen and oxygen atoms in total. The highest BCUT2D eigenvalue weighted by Gasteiger charge is 2.09. The smallest absolute Gasteiger partial charge is 0.109 e. The summed E-state index contributed by atoms with van der Waals surface area (Å²) in [6.45, 7) is 4.43. The van der Waals surface area contributed by atoms with E-state index in [4.69, 9.17) is 0 Å². The molecule has 1 aromatic carbocycles. The molecule has 0 heterocycles. The Labute approximate surface area is 93.0 Å². The van der Waals surface area contributed by atoms with E-state index >= 15 is 0 Å². The van der Waals surface area contributed by atoms with Gasteiger partial charge in [0, 0.05) is 34.7 Å².